The lowest BCUT2D eigenvalue weighted by atomic mass is 9.82. The molecule has 2 rings (SSSR count). The number of benzene rings is 2. The average molecular weight is 366 g/mol. The van der Waals surface area contributed by atoms with E-state index in [9.17, 15) is 0 Å². The van der Waals surface area contributed by atoms with Crippen molar-refractivity contribution in [2.75, 3.05) is 0 Å². The Morgan fingerprint density at radius 1 is 1.00 bits per heavy atom. The van der Waals surface area contributed by atoms with Crippen molar-refractivity contribution in [3.63, 3.8) is 0 Å². The van der Waals surface area contributed by atoms with Crippen molar-refractivity contribution in [3.8, 4) is 0 Å². The Labute approximate surface area is 141 Å². The Balaban J connectivity index is 2.09. The molecule has 0 nitrogen and oxygen atoms in total. The second-order valence-corrected chi connectivity index (χ2v) is 7.60. The number of halogens is 2. The van der Waals surface area contributed by atoms with Gasteiger partial charge in [0.25, 0.3) is 0 Å². The summed E-state index contributed by atoms with van der Waals surface area (Å²) in [6, 6.07) is 17.1. The minimum atomic E-state index is 0.0185. The minimum Gasteiger partial charge on any atom is -0.117 e. The van der Waals surface area contributed by atoms with Gasteiger partial charge in [-0.25, -0.2) is 0 Å². The van der Waals surface area contributed by atoms with Crippen LogP contribution in [0.4, 0.5) is 0 Å². The van der Waals surface area contributed by atoms with E-state index in [0.29, 0.717) is 0 Å². The van der Waals surface area contributed by atoms with E-state index in [2.05, 4.69) is 85.2 Å². The number of hydrogen-bond acceptors (Lipinski definition) is 0. The molecule has 1 atom stereocenters. The second-order valence-electron chi connectivity index (χ2n) is 6.16. The minimum absolute atomic E-state index is 0.0185. The molecule has 0 spiro atoms. The summed E-state index contributed by atoms with van der Waals surface area (Å²) in [7, 11) is 0. The monoisotopic (exact) mass is 364 g/mol. The fourth-order valence-electron chi connectivity index (χ4n) is 2.29. The SMILES string of the molecule is CCC(C)(C)c1ccc(C(Cl)Cc2ccc(Br)cc2)cc1. The molecule has 0 bridgehead atoms. The van der Waals surface area contributed by atoms with Crippen LogP contribution in [0.3, 0.4) is 0 Å². The number of alkyl halides is 1. The summed E-state index contributed by atoms with van der Waals surface area (Å²) >= 11 is 10.0. The molecule has 1 unspecified atom stereocenters. The average Bonchev–Trinajstić information content (AvgIpc) is 2.49. The summed E-state index contributed by atoms with van der Waals surface area (Å²) in [4.78, 5) is 0. The molecule has 0 radical (unpaired) electrons. The molecular weight excluding hydrogens is 344 g/mol. The maximum atomic E-state index is 6.57. The molecule has 0 aliphatic heterocycles. The van der Waals surface area contributed by atoms with E-state index >= 15 is 0 Å². The van der Waals surface area contributed by atoms with Crippen molar-refractivity contribution in [2.45, 2.75) is 44.4 Å². The fourth-order valence-corrected chi connectivity index (χ4v) is 2.88. The van der Waals surface area contributed by atoms with Crippen LogP contribution in [-0.2, 0) is 11.8 Å². The first-order valence-corrected chi connectivity index (χ1v) is 8.64. The summed E-state index contributed by atoms with van der Waals surface area (Å²) in [6.45, 7) is 6.79. The van der Waals surface area contributed by atoms with Gasteiger partial charge in [-0.2, -0.15) is 0 Å². The highest BCUT2D eigenvalue weighted by molar-refractivity contribution is 9.10. The zero-order valence-corrected chi connectivity index (χ0v) is 15.2. The normalized spacial score (nSPS) is 13.2. The third-order valence-electron chi connectivity index (χ3n) is 4.27. The van der Waals surface area contributed by atoms with Gasteiger partial charge in [0.1, 0.15) is 0 Å². The van der Waals surface area contributed by atoms with E-state index in [4.69, 9.17) is 11.6 Å². The Hall–Kier alpha value is -0.790. The Morgan fingerprint density at radius 3 is 2.10 bits per heavy atom. The molecule has 21 heavy (non-hydrogen) atoms. The molecule has 0 amide bonds. The van der Waals surface area contributed by atoms with E-state index in [-0.39, 0.29) is 10.8 Å². The van der Waals surface area contributed by atoms with E-state index < -0.39 is 0 Å². The molecule has 0 aliphatic rings. The summed E-state index contributed by atoms with van der Waals surface area (Å²) in [5.74, 6) is 0. The predicted molar refractivity (Wildman–Crippen MR) is 96.2 cm³/mol. The van der Waals surface area contributed by atoms with Gasteiger partial charge in [-0.3, -0.25) is 0 Å². The van der Waals surface area contributed by atoms with E-state index in [0.717, 1.165) is 17.3 Å². The fraction of sp³-hybridized carbons (Fsp3) is 0.368. The van der Waals surface area contributed by atoms with Crippen LogP contribution in [0.1, 0.15) is 49.3 Å². The molecule has 0 saturated heterocycles. The maximum absolute atomic E-state index is 6.57. The largest absolute Gasteiger partial charge is 0.117 e. The van der Waals surface area contributed by atoms with Crippen molar-refractivity contribution in [3.05, 3.63) is 69.7 Å². The molecule has 2 aromatic carbocycles. The van der Waals surface area contributed by atoms with Gasteiger partial charge in [-0.05, 0) is 47.1 Å². The highest BCUT2D eigenvalue weighted by Crippen LogP contribution is 2.30. The molecule has 2 heteroatoms. The Kier molecular flexibility index (Phi) is 5.51. The summed E-state index contributed by atoms with van der Waals surface area (Å²) in [6.07, 6.45) is 1.99. The molecule has 0 N–H and O–H groups in total. The lowest BCUT2D eigenvalue weighted by Gasteiger charge is -2.23. The molecule has 2 aromatic rings. The van der Waals surface area contributed by atoms with Gasteiger partial charge in [-0.15, -0.1) is 11.6 Å². The topological polar surface area (TPSA) is 0 Å². The van der Waals surface area contributed by atoms with Crippen LogP contribution in [0, 0.1) is 0 Å². The first-order valence-electron chi connectivity index (χ1n) is 7.41. The summed E-state index contributed by atoms with van der Waals surface area (Å²) < 4.78 is 1.10. The van der Waals surface area contributed by atoms with Crippen molar-refractivity contribution < 1.29 is 0 Å². The standard InChI is InChI=1S/C19H22BrCl/c1-4-19(2,3)16-9-7-15(8-10-16)18(21)13-14-5-11-17(20)12-6-14/h5-12,18H,4,13H2,1-3H3. The first kappa shape index (κ1) is 16.6. The van der Waals surface area contributed by atoms with Crippen LogP contribution in [0.15, 0.2) is 53.0 Å². The number of rotatable bonds is 5. The third-order valence-corrected chi connectivity index (χ3v) is 5.20. The molecule has 0 heterocycles. The van der Waals surface area contributed by atoms with Gasteiger partial charge in [0.05, 0.1) is 5.38 Å². The van der Waals surface area contributed by atoms with Crippen molar-refractivity contribution in [2.24, 2.45) is 0 Å². The van der Waals surface area contributed by atoms with Crippen LogP contribution in [0.5, 0.6) is 0 Å². The van der Waals surface area contributed by atoms with Crippen LogP contribution in [-0.4, -0.2) is 0 Å². The third kappa shape index (κ3) is 4.34. The van der Waals surface area contributed by atoms with Crippen LogP contribution >= 0.6 is 27.5 Å². The van der Waals surface area contributed by atoms with E-state index in [1.165, 1.54) is 16.7 Å². The smallest absolute Gasteiger partial charge is 0.0625 e. The highest BCUT2D eigenvalue weighted by Gasteiger charge is 2.18. The molecule has 0 aliphatic carbocycles. The second kappa shape index (κ2) is 6.98. The first-order chi connectivity index (χ1) is 9.92. The lowest BCUT2D eigenvalue weighted by molar-refractivity contribution is 0.506. The summed E-state index contributed by atoms with van der Waals surface area (Å²) in [5, 5.41) is 0.0185. The Bertz CT molecular complexity index is 570. The quantitative estimate of drug-likeness (QED) is 0.520. The van der Waals surface area contributed by atoms with Crippen molar-refractivity contribution in [1.29, 1.82) is 0 Å². The predicted octanol–water partition coefficient (Wildman–Crippen LogP) is 6.66. The molecular formula is C19H22BrCl. The molecule has 0 aromatic heterocycles. The van der Waals surface area contributed by atoms with Crippen LogP contribution in [0.2, 0.25) is 0 Å². The van der Waals surface area contributed by atoms with Crippen LogP contribution in [0.25, 0.3) is 0 Å². The molecule has 112 valence electrons. The van der Waals surface area contributed by atoms with Gasteiger partial charge in [-0.1, -0.05) is 73.1 Å². The van der Waals surface area contributed by atoms with Gasteiger partial charge < -0.3 is 0 Å². The zero-order chi connectivity index (χ0) is 15.5. The zero-order valence-electron chi connectivity index (χ0n) is 12.9. The van der Waals surface area contributed by atoms with Gasteiger partial charge >= 0.3 is 0 Å². The number of hydrogen-bond donors (Lipinski definition) is 0. The summed E-state index contributed by atoms with van der Waals surface area (Å²) in [5.41, 5.74) is 4.05. The maximum Gasteiger partial charge on any atom is 0.0625 e. The molecule has 0 fully saturated rings. The van der Waals surface area contributed by atoms with E-state index in [1.54, 1.807) is 0 Å². The van der Waals surface area contributed by atoms with Gasteiger partial charge in [0.15, 0.2) is 0 Å². The highest BCUT2D eigenvalue weighted by atomic mass is 79.9. The lowest BCUT2D eigenvalue weighted by Crippen LogP contribution is -2.15. The van der Waals surface area contributed by atoms with Crippen LogP contribution < -0.4 is 0 Å². The van der Waals surface area contributed by atoms with Gasteiger partial charge in [0.2, 0.25) is 0 Å². The van der Waals surface area contributed by atoms with Gasteiger partial charge in [0, 0.05) is 4.47 Å². The van der Waals surface area contributed by atoms with Crippen molar-refractivity contribution in [1.82, 2.24) is 0 Å². The van der Waals surface area contributed by atoms with Crippen molar-refractivity contribution >= 4 is 27.5 Å². The molecule has 0 saturated carbocycles. The van der Waals surface area contributed by atoms with E-state index in [1.807, 2.05) is 0 Å². The Morgan fingerprint density at radius 2 is 1.57 bits per heavy atom.